The number of hydrogen-bond acceptors (Lipinski definition) is 21. The minimum atomic E-state index is -0.792. The molecule has 380 valence electrons. The molecule has 14 rings (SSSR count). The maximum atomic E-state index is 12.6. The minimum absolute atomic E-state index is 0. The molecule has 21 nitrogen and oxygen atoms in total. The summed E-state index contributed by atoms with van der Waals surface area (Å²) in [4.78, 5) is 184. The second-order valence-corrected chi connectivity index (χ2v) is 18.2. The first-order chi connectivity index (χ1) is 36.2. The zero-order valence-corrected chi connectivity index (χ0v) is 38.3. The van der Waals surface area contributed by atoms with Gasteiger partial charge in [-0.2, -0.15) is 0 Å². The maximum absolute atomic E-state index is 12.6. The van der Waals surface area contributed by atoms with E-state index in [2.05, 4.69) is 25.5 Å². The van der Waals surface area contributed by atoms with E-state index in [0.717, 1.165) is 5.56 Å². The Morgan fingerprint density at radius 3 is 1.16 bits per heavy atom. The van der Waals surface area contributed by atoms with Crippen LogP contribution in [0.3, 0.4) is 0 Å². The summed E-state index contributed by atoms with van der Waals surface area (Å²) in [6.07, 6.45) is -0.496. The Kier molecular flexibility index (Phi) is 11.8. The zero-order chi connectivity index (χ0) is 53.9. The van der Waals surface area contributed by atoms with E-state index in [0.29, 0.717) is 28.0 Å². The van der Waals surface area contributed by atoms with Gasteiger partial charge < -0.3 is 23.7 Å². The van der Waals surface area contributed by atoms with Crippen LogP contribution in [0.25, 0.3) is 16.9 Å². The number of benzene rings is 5. The fraction of sp³-hybridized carbons (Fsp3) is 0.143. The van der Waals surface area contributed by atoms with Gasteiger partial charge in [-0.1, -0.05) is 38.3 Å². The molecule has 5 heterocycles. The topological polar surface area (TPSA) is 319 Å². The van der Waals surface area contributed by atoms with Gasteiger partial charge in [0.25, 0.3) is 0 Å². The van der Waals surface area contributed by atoms with Crippen molar-refractivity contribution in [2.24, 2.45) is 23.7 Å². The molecule has 5 aromatic rings. The van der Waals surface area contributed by atoms with E-state index in [1.807, 2.05) is 0 Å². The number of carbonyl (C=O) groups is 16. The van der Waals surface area contributed by atoms with Crippen LogP contribution in [-0.4, -0.2) is 94.2 Å². The molecule has 0 aromatic heterocycles. The van der Waals surface area contributed by atoms with Crippen LogP contribution in [0.5, 0.6) is 0 Å². The van der Waals surface area contributed by atoms with Crippen molar-refractivity contribution in [3.05, 3.63) is 169 Å². The predicted molar refractivity (Wildman–Crippen MR) is 251 cm³/mol. The molecule has 0 amide bonds. The third kappa shape index (κ3) is 8.03. The number of ether oxygens (including phenoxy) is 5. The van der Waals surface area contributed by atoms with E-state index < -0.39 is 83.2 Å². The van der Waals surface area contributed by atoms with E-state index in [9.17, 15) is 76.7 Å². The standard InChI is InChI=1S/C18H8O6.C17H8O5.C11H4O5.C9H6O5.CH4/c19-14-7-15(20)12-5-8(1-3-10(12)14)16(21)9-2-4-11-13(6-9)18(23)24-17(11)22;1-8-11-4-2-9(6-13(11)16(19)21-8)10-3-5-12-14(7-10)17(20)22-15(12)18;12-8-3-9(13)5-2-7-6(1-4(5)8)10(14)16-11(7)15;10-2-1-3(11)5-4(2)6-7(5)9(13)14-8(6)12;/h1-6H,7H2;2-7H,1H2;1-2H,3H2;4-7H,1H2;1H4. The van der Waals surface area contributed by atoms with Crippen molar-refractivity contribution >= 4 is 100.0 Å². The number of ketones is 7. The Labute approximate surface area is 430 Å². The summed E-state index contributed by atoms with van der Waals surface area (Å²) >= 11 is 0. The van der Waals surface area contributed by atoms with Crippen molar-refractivity contribution in [2.45, 2.75) is 26.7 Å². The Hall–Kier alpha value is -10.4. The summed E-state index contributed by atoms with van der Waals surface area (Å²) in [5.41, 5.74) is 4.68. The van der Waals surface area contributed by atoms with Crippen LogP contribution in [0.2, 0.25) is 0 Å². The Bertz CT molecular complexity index is 3530. The molecule has 4 atom stereocenters. The summed E-state index contributed by atoms with van der Waals surface area (Å²) in [5.74, 6) is -10.3. The molecule has 5 aromatic carbocycles. The lowest BCUT2D eigenvalue weighted by Crippen LogP contribution is -2.50. The molecular formula is C56H30O21. The van der Waals surface area contributed by atoms with Gasteiger partial charge in [-0.25, -0.2) is 33.6 Å². The van der Waals surface area contributed by atoms with E-state index in [4.69, 9.17) is 4.74 Å². The lowest BCUT2D eigenvalue weighted by Gasteiger charge is -2.36. The molecule has 0 bridgehead atoms. The van der Waals surface area contributed by atoms with Gasteiger partial charge in [-0.15, -0.1) is 0 Å². The van der Waals surface area contributed by atoms with Crippen molar-refractivity contribution in [3.8, 4) is 11.1 Å². The smallest absolute Gasteiger partial charge is 0.346 e. The third-order valence-electron chi connectivity index (χ3n) is 13.9. The number of carbonyl (C=O) groups excluding carboxylic acids is 16. The molecule has 3 fully saturated rings. The highest BCUT2D eigenvalue weighted by molar-refractivity contribution is 6.28. The van der Waals surface area contributed by atoms with Crippen molar-refractivity contribution in [1.82, 2.24) is 0 Å². The summed E-state index contributed by atoms with van der Waals surface area (Å²) < 4.78 is 22.8. The van der Waals surface area contributed by atoms with Crippen LogP contribution < -0.4 is 0 Å². The van der Waals surface area contributed by atoms with Gasteiger partial charge in [0, 0.05) is 50.8 Å². The molecule has 1 saturated heterocycles. The molecule has 0 radical (unpaired) electrons. The predicted octanol–water partition coefficient (Wildman–Crippen LogP) is 5.30. The quantitative estimate of drug-likeness (QED) is 0.0958. The molecule has 2 saturated carbocycles. The molecule has 0 N–H and O–H groups in total. The highest BCUT2D eigenvalue weighted by atomic mass is 16.6. The number of Topliss-reactive ketones (excluding diaryl/α,β-unsaturated/α-hetero) is 6. The second-order valence-electron chi connectivity index (χ2n) is 18.2. The number of rotatable bonds is 3. The van der Waals surface area contributed by atoms with Crippen LogP contribution in [0.4, 0.5) is 0 Å². The lowest BCUT2D eigenvalue weighted by molar-refractivity contribution is -0.154. The molecule has 0 spiro atoms. The molecule has 9 aliphatic rings. The highest BCUT2D eigenvalue weighted by Gasteiger charge is 2.70. The molecule has 4 unspecified atom stereocenters. The van der Waals surface area contributed by atoms with E-state index in [1.165, 1.54) is 48.5 Å². The first kappa shape index (κ1) is 50.1. The summed E-state index contributed by atoms with van der Waals surface area (Å²) in [7, 11) is 0. The van der Waals surface area contributed by atoms with Gasteiger partial charge in [-0.05, 0) is 71.8 Å². The zero-order valence-electron chi connectivity index (χ0n) is 38.3. The van der Waals surface area contributed by atoms with Crippen LogP contribution in [0.1, 0.15) is 162 Å². The van der Waals surface area contributed by atoms with Gasteiger partial charge >= 0.3 is 53.7 Å². The summed E-state index contributed by atoms with van der Waals surface area (Å²) in [6.45, 7) is 3.67. The summed E-state index contributed by atoms with van der Waals surface area (Å²) in [6, 6.07) is 21.0. The van der Waals surface area contributed by atoms with Gasteiger partial charge in [0.2, 0.25) is 0 Å². The van der Waals surface area contributed by atoms with Crippen LogP contribution >= 0.6 is 0 Å². The highest BCUT2D eigenvalue weighted by Crippen LogP contribution is 2.55. The van der Waals surface area contributed by atoms with E-state index >= 15 is 0 Å². The largest absolute Gasteiger partial charge is 0.423 e. The van der Waals surface area contributed by atoms with Gasteiger partial charge in [0.15, 0.2) is 28.9 Å². The van der Waals surface area contributed by atoms with Gasteiger partial charge in [0.1, 0.15) is 17.3 Å². The fourth-order valence-electron chi connectivity index (χ4n) is 10.2. The van der Waals surface area contributed by atoms with E-state index in [-0.39, 0.29) is 123 Å². The normalized spacial score (nSPS) is 20.9. The number of hydrogen-bond donors (Lipinski definition) is 0. The second kappa shape index (κ2) is 18.2. The van der Waals surface area contributed by atoms with Crippen LogP contribution in [0, 0.1) is 23.7 Å². The van der Waals surface area contributed by atoms with E-state index in [1.54, 1.807) is 36.4 Å². The minimum Gasteiger partial charge on any atom is -0.423 e. The number of esters is 9. The maximum Gasteiger partial charge on any atom is 0.346 e. The molecular weight excluding hydrogens is 1010 g/mol. The van der Waals surface area contributed by atoms with Crippen molar-refractivity contribution in [1.29, 1.82) is 0 Å². The Morgan fingerprint density at radius 1 is 0.338 bits per heavy atom. The van der Waals surface area contributed by atoms with Crippen molar-refractivity contribution in [3.63, 3.8) is 0 Å². The molecule has 77 heavy (non-hydrogen) atoms. The first-order valence-electron chi connectivity index (χ1n) is 22.6. The average Bonchev–Trinajstić information content (AvgIpc) is 4.25. The Balaban J connectivity index is 0.000000118. The summed E-state index contributed by atoms with van der Waals surface area (Å²) in [5, 5.41) is 0. The SMILES string of the molecule is C.C=C1OC(=O)c2cc(-c3ccc4c(c3)C(=O)OC4=O)ccc21.O=C(c1ccc2c(c1)C(=O)CC2=O)c1ccc2c(c1)C(=O)OC2=O.O=C1CC(=O)C2C1C1C(=O)OC(=O)C21.O=C1CC(=O)c2cc3c(cc21)C(=O)OC3=O. The first-order valence-corrected chi connectivity index (χ1v) is 22.6. The lowest BCUT2D eigenvalue weighted by atomic mass is 9.59. The number of cyclic esters (lactones) is 9. The molecule has 21 heteroatoms. The van der Waals surface area contributed by atoms with Crippen molar-refractivity contribution < 1.29 is 100 Å². The average molecular weight is 1040 g/mol. The third-order valence-corrected chi connectivity index (χ3v) is 13.9. The van der Waals surface area contributed by atoms with Crippen LogP contribution in [0.15, 0.2) is 91.5 Å². The van der Waals surface area contributed by atoms with Crippen LogP contribution in [-0.2, 0) is 42.9 Å². The van der Waals surface area contributed by atoms with Crippen molar-refractivity contribution in [2.75, 3.05) is 0 Å². The Morgan fingerprint density at radius 2 is 0.675 bits per heavy atom. The van der Waals surface area contributed by atoms with Gasteiger partial charge in [-0.3, -0.25) is 43.2 Å². The molecule has 4 aliphatic carbocycles. The fourth-order valence-corrected chi connectivity index (χ4v) is 10.2. The van der Waals surface area contributed by atoms with Gasteiger partial charge in [0.05, 0.1) is 70.0 Å². The molecule has 5 aliphatic heterocycles. The number of fused-ring (bicyclic) bond motifs is 10. The monoisotopic (exact) mass is 1040 g/mol.